The third-order valence-corrected chi connectivity index (χ3v) is 4.96. The molecule has 3 aromatic carbocycles. The van der Waals surface area contributed by atoms with Gasteiger partial charge in [0.2, 0.25) is 16.1 Å². The largest absolute Gasteiger partial charge is 0.476 e. The van der Waals surface area contributed by atoms with Crippen molar-refractivity contribution in [1.29, 1.82) is 0 Å². The highest BCUT2D eigenvalue weighted by molar-refractivity contribution is 7.88. The Hall–Kier alpha value is -2.87. The fourth-order valence-electron chi connectivity index (χ4n) is 2.73. The minimum absolute atomic E-state index is 0.319. The van der Waals surface area contributed by atoms with E-state index in [0.717, 1.165) is 0 Å². The first-order chi connectivity index (χ1) is 13.8. The zero-order valence-corrected chi connectivity index (χ0v) is 16.9. The van der Waals surface area contributed by atoms with Crippen molar-refractivity contribution in [3.63, 3.8) is 0 Å². The van der Waals surface area contributed by atoms with Crippen LogP contribution in [-0.4, -0.2) is 14.3 Å². The van der Waals surface area contributed by atoms with Crippen LogP contribution in [0.1, 0.15) is 17.2 Å². The average molecular weight is 431 g/mol. The minimum Gasteiger partial charge on any atom is -0.476 e. The molecule has 0 aliphatic carbocycles. The van der Waals surface area contributed by atoms with Crippen LogP contribution in [0.5, 0.6) is 5.75 Å². The van der Waals surface area contributed by atoms with Gasteiger partial charge in [0, 0.05) is 16.3 Å². The van der Waals surface area contributed by atoms with Gasteiger partial charge in [0.05, 0.1) is 5.75 Å². The first-order valence-corrected chi connectivity index (χ1v) is 10.8. The molecule has 0 aromatic heterocycles. The summed E-state index contributed by atoms with van der Waals surface area (Å²) < 4.78 is 28.5. The quantitative estimate of drug-likeness (QED) is 0.594. The van der Waals surface area contributed by atoms with Gasteiger partial charge in [0.15, 0.2) is 0 Å². The van der Waals surface area contributed by atoms with Crippen molar-refractivity contribution < 1.29 is 17.9 Å². The molecule has 0 aliphatic heterocycles. The Bertz CT molecular complexity index is 1090. The van der Waals surface area contributed by atoms with E-state index in [1.54, 1.807) is 60.7 Å². The molecule has 3 aromatic rings. The van der Waals surface area contributed by atoms with Gasteiger partial charge < -0.3 is 10.1 Å². The molecule has 0 saturated heterocycles. The van der Waals surface area contributed by atoms with Crippen LogP contribution in [-0.2, 0) is 20.6 Å². The first kappa shape index (κ1) is 20.9. The molecule has 8 heteroatoms. The fraction of sp³-hybridized carbons (Fsp3) is 0.0952. The van der Waals surface area contributed by atoms with Gasteiger partial charge in [-0.15, -0.1) is 0 Å². The van der Waals surface area contributed by atoms with Gasteiger partial charge in [-0.05, 0) is 42.0 Å². The molecule has 1 unspecified atom stereocenters. The Balaban J connectivity index is 1.83. The number of hydrogen-bond donors (Lipinski definition) is 2. The van der Waals surface area contributed by atoms with E-state index >= 15 is 0 Å². The van der Waals surface area contributed by atoms with Crippen molar-refractivity contribution in [2.24, 2.45) is 5.14 Å². The molecule has 29 heavy (non-hydrogen) atoms. The van der Waals surface area contributed by atoms with Crippen LogP contribution in [0.3, 0.4) is 0 Å². The zero-order valence-electron chi connectivity index (χ0n) is 15.3. The van der Waals surface area contributed by atoms with Gasteiger partial charge in [0.25, 0.3) is 5.91 Å². The first-order valence-electron chi connectivity index (χ1n) is 8.67. The summed E-state index contributed by atoms with van der Waals surface area (Å²) in [5, 5.41) is 8.43. The molecule has 1 amide bonds. The lowest BCUT2D eigenvalue weighted by Crippen LogP contribution is -2.25. The summed E-state index contributed by atoms with van der Waals surface area (Å²) in [6, 6.07) is 22.2. The van der Waals surface area contributed by atoms with Crippen molar-refractivity contribution in [3.05, 3.63) is 95.0 Å². The van der Waals surface area contributed by atoms with Crippen LogP contribution in [0.25, 0.3) is 0 Å². The van der Waals surface area contributed by atoms with Gasteiger partial charge in [-0.1, -0.05) is 54.1 Å². The normalized spacial score (nSPS) is 12.2. The molecule has 3 rings (SSSR count). The number of carbonyl (C=O) groups excluding carboxylic acids is 1. The molecule has 0 aliphatic rings. The van der Waals surface area contributed by atoms with Gasteiger partial charge in [-0.2, -0.15) is 0 Å². The van der Waals surface area contributed by atoms with Crippen molar-refractivity contribution >= 4 is 33.2 Å². The molecule has 0 spiro atoms. The lowest BCUT2D eigenvalue weighted by atomic mass is 10.1. The molecule has 6 nitrogen and oxygen atoms in total. The molecular formula is C21H19ClN2O4S. The maximum absolute atomic E-state index is 13.0. The molecule has 0 bridgehead atoms. The number of hydrogen-bond acceptors (Lipinski definition) is 4. The second-order valence-electron chi connectivity index (χ2n) is 6.36. The van der Waals surface area contributed by atoms with Gasteiger partial charge in [0.1, 0.15) is 5.75 Å². The summed E-state index contributed by atoms with van der Waals surface area (Å²) in [5.74, 6) is -0.236. The summed E-state index contributed by atoms with van der Waals surface area (Å²) in [6.45, 7) is 0. The average Bonchev–Trinajstić information content (AvgIpc) is 2.67. The summed E-state index contributed by atoms with van der Waals surface area (Å²) >= 11 is 5.91. The minimum atomic E-state index is -3.67. The number of anilines is 1. The molecule has 3 N–H and O–H groups in total. The van der Waals surface area contributed by atoms with Gasteiger partial charge >= 0.3 is 0 Å². The lowest BCUT2D eigenvalue weighted by molar-refractivity contribution is -0.123. The zero-order chi connectivity index (χ0) is 20.9. The number of carbonyl (C=O) groups is 1. The number of nitrogens with one attached hydrogen (secondary N) is 1. The lowest BCUT2D eigenvalue weighted by Gasteiger charge is -2.19. The van der Waals surface area contributed by atoms with E-state index < -0.39 is 22.0 Å². The Morgan fingerprint density at radius 1 is 1.00 bits per heavy atom. The van der Waals surface area contributed by atoms with Crippen molar-refractivity contribution in [2.45, 2.75) is 11.9 Å². The third kappa shape index (κ3) is 6.32. The maximum Gasteiger partial charge on any atom is 0.270 e. The summed E-state index contributed by atoms with van der Waals surface area (Å²) in [6.07, 6.45) is -0.917. The van der Waals surface area contributed by atoms with Gasteiger partial charge in [-0.25, -0.2) is 13.6 Å². The second-order valence-corrected chi connectivity index (χ2v) is 8.41. The summed E-state index contributed by atoms with van der Waals surface area (Å²) in [7, 11) is -3.67. The monoisotopic (exact) mass is 430 g/mol. The Kier molecular flexibility index (Phi) is 6.53. The number of nitrogens with two attached hydrogens (primary N) is 1. The Morgan fingerprint density at radius 2 is 1.69 bits per heavy atom. The van der Waals surface area contributed by atoms with Crippen LogP contribution in [0.2, 0.25) is 5.02 Å². The van der Waals surface area contributed by atoms with Crippen LogP contribution >= 0.6 is 11.6 Å². The highest BCUT2D eigenvalue weighted by Gasteiger charge is 2.23. The Labute approximate surface area is 174 Å². The van der Waals surface area contributed by atoms with E-state index in [0.29, 0.717) is 27.6 Å². The molecular weight excluding hydrogens is 412 g/mol. The van der Waals surface area contributed by atoms with E-state index in [-0.39, 0.29) is 5.75 Å². The van der Waals surface area contributed by atoms with Crippen molar-refractivity contribution in [2.75, 3.05) is 5.32 Å². The number of rotatable bonds is 7. The third-order valence-electron chi connectivity index (χ3n) is 3.97. The smallest absolute Gasteiger partial charge is 0.270 e. The highest BCUT2D eigenvalue weighted by Crippen LogP contribution is 2.25. The van der Waals surface area contributed by atoms with Crippen LogP contribution < -0.4 is 15.2 Å². The number of primary sulfonamides is 1. The maximum atomic E-state index is 13.0. The van der Waals surface area contributed by atoms with E-state index in [2.05, 4.69) is 5.32 Å². The van der Waals surface area contributed by atoms with E-state index in [4.69, 9.17) is 21.5 Å². The topological polar surface area (TPSA) is 98.5 Å². The Morgan fingerprint density at radius 3 is 2.34 bits per heavy atom. The van der Waals surface area contributed by atoms with Crippen molar-refractivity contribution in [1.82, 2.24) is 0 Å². The van der Waals surface area contributed by atoms with Gasteiger partial charge in [-0.3, -0.25) is 4.79 Å². The molecule has 0 heterocycles. The van der Waals surface area contributed by atoms with Crippen LogP contribution in [0.4, 0.5) is 5.69 Å². The predicted molar refractivity (Wildman–Crippen MR) is 113 cm³/mol. The number of benzene rings is 3. The predicted octanol–water partition coefficient (Wildman–Crippen LogP) is 3.89. The fourth-order valence-corrected chi connectivity index (χ4v) is 3.50. The molecule has 0 radical (unpaired) electrons. The molecule has 1 atom stereocenters. The number of sulfonamides is 1. The standard InChI is InChI=1S/C21H19ClN2O4S/c22-17-9-11-19(12-10-17)28-20(16-6-2-1-3-7-16)21(25)24-18-8-4-5-15(13-18)14-29(23,26)27/h1-13,20H,14H2,(H,24,25)(H2,23,26,27). The SMILES string of the molecule is NS(=O)(=O)Cc1cccc(NC(=O)C(Oc2ccc(Cl)cc2)c2ccccc2)c1. The summed E-state index contributed by atoms with van der Waals surface area (Å²) in [4.78, 5) is 13.0. The van der Waals surface area contributed by atoms with E-state index in [9.17, 15) is 13.2 Å². The molecule has 150 valence electrons. The molecule has 0 saturated carbocycles. The van der Waals surface area contributed by atoms with Crippen molar-refractivity contribution in [3.8, 4) is 5.75 Å². The summed E-state index contributed by atoms with van der Waals surface area (Å²) in [5.41, 5.74) is 1.58. The van der Waals surface area contributed by atoms with Crippen LogP contribution in [0, 0.1) is 0 Å². The van der Waals surface area contributed by atoms with E-state index in [1.165, 1.54) is 0 Å². The van der Waals surface area contributed by atoms with Crippen LogP contribution in [0.15, 0.2) is 78.9 Å². The number of halogens is 1. The van der Waals surface area contributed by atoms with E-state index in [1.807, 2.05) is 18.2 Å². The number of ether oxygens (including phenoxy) is 1. The number of amides is 1. The molecule has 0 fully saturated rings. The second kappa shape index (κ2) is 9.09. The highest BCUT2D eigenvalue weighted by atomic mass is 35.5.